The molecule has 4 aromatic rings. The van der Waals surface area contributed by atoms with Gasteiger partial charge in [-0.1, -0.05) is 41.6 Å². The van der Waals surface area contributed by atoms with Crippen LogP contribution in [0.4, 0.5) is 10.2 Å². The van der Waals surface area contributed by atoms with Crippen molar-refractivity contribution >= 4 is 15.7 Å². The maximum Gasteiger partial charge on any atom is 0.189 e. The number of sulfone groups is 1. The Morgan fingerprint density at radius 2 is 1.71 bits per heavy atom. The summed E-state index contributed by atoms with van der Waals surface area (Å²) in [6.07, 6.45) is 1.67. The number of aliphatic hydroxyl groups excluding tert-OH is 1. The van der Waals surface area contributed by atoms with Crippen LogP contribution in [0.1, 0.15) is 25.8 Å². The van der Waals surface area contributed by atoms with Crippen molar-refractivity contribution in [3.8, 4) is 34.0 Å². The summed E-state index contributed by atoms with van der Waals surface area (Å²) in [4.78, 5) is 9.01. The molecule has 0 bridgehead atoms. The van der Waals surface area contributed by atoms with E-state index in [1.54, 1.807) is 32.0 Å². The first-order chi connectivity index (χ1) is 18.2. The van der Waals surface area contributed by atoms with Crippen molar-refractivity contribution < 1.29 is 22.4 Å². The lowest BCUT2D eigenvalue weighted by molar-refractivity contribution is 0.287. The Morgan fingerprint density at radius 3 is 2.37 bits per heavy atom. The first-order valence-corrected chi connectivity index (χ1v) is 13.7. The van der Waals surface area contributed by atoms with Gasteiger partial charge in [-0.15, -0.1) is 0 Å². The molecule has 4 rings (SSSR count). The van der Waals surface area contributed by atoms with Crippen LogP contribution in [0, 0.1) is 0 Å². The zero-order valence-corrected chi connectivity index (χ0v) is 22.0. The maximum atomic E-state index is 12.7. The molecule has 11 heteroatoms. The summed E-state index contributed by atoms with van der Waals surface area (Å²) in [6, 6.07) is 15.5. The topological polar surface area (TPSA) is 144 Å². The number of halogens is 1. The number of aliphatic hydroxyl groups is 1. The number of hydrogen-bond donors (Lipinski definition) is 3. The number of nitrogens with zero attached hydrogens (tertiary/aromatic N) is 3. The van der Waals surface area contributed by atoms with Crippen molar-refractivity contribution in [3.63, 3.8) is 0 Å². The smallest absolute Gasteiger partial charge is 0.189 e. The SMILES string of the molecule is CC(CF)NCc1ccc(-c2cc(-c3nc(-c4ccc(S(=O)(=O)C(C)CCO)cc4)cnc3N)on2)cc1. The molecule has 0 saturated heterocycles. The highest BCUT2D eigenvalue weighted by molar-refractivity contribution is 7.92. The Labute approximate surface area is 220 Å². The number of nitrogen functional groups attached to an aromatic ring is 1. The molecule has 0 aliphatic heterocycles. The molecular formula is C27H30FN5O4S. The van der Waals surface area contributed by atoms with Gasteiger partial charge in [-0.2, -0.15) is 0 Å². The average molecular weight is 540 g/mol. The van der Waals surface area contributed by atoms with Crippen LogP contribution in [0.15, 0.2) is 70.2 Å². The van der Waals surface area contributed by atoms with Crippen molar-refractivity contribution in [2.24, 2.45) is 0 Å². The second-order valence-electron chi connectivity index (χ2n) is 9.09. The van der Waals surface area contributed by atoms with E-state index in [0.29, 0.717) is 35.0 Å². The Kier molecular flexibility index (Phi) is 8.50. The molecule has 2 heterocycles. The molecule has 4 N–H and O–H groups in total. The largest absolute Gasteiger partial charge is 0.396 e. The van der Waals surface area contributed by atoms with E-state index >= 15 is 0 Å². The van der Waals surface area contributed by atoms with Gasteiger partial charge in [0, 0.05) is 36.4 Å². The fraction of sp³-hybridized carbons (Fsp3) is 0.296. The number of alkyl halides is 1. The molecule has 0 saturated carbocycles. The van der Waals surface area contributed by atoms with Crippen molar-refractivity contribution in [2.45, 2.75) is 43.0 Å². The van der Waals surface area contributed by atoms with Crippen LogP contribution < -0.4 is 11.1 Å². The highest BCUT2D eigenvalue weighted by Crippen LogP contribution is 2.30. The minimum absolute atomic E-state index is 0.164. The van der Waals surface area contributed by atoms with E-state index in [1.165, 1.54) is 18.3 Å². The number of hydrogen-bond acceptors (Lipinski definition) is 9. The zero-order valence-electron chi connectivity index (χ0n) is 21.1. The third-order valence-corrected chi connectivity index (χ3v) is 8.45. The molecule has 2 aromatic carbocycles. The zero-order chi connectivity index (χ0) is 27.3. The first kappa shape index (κ1) is 27.4. The number of nitrogens with one attached hydrogen (secondary N) is 1. The van der Waals surface area contributed by atoms with Crippen molar-refractivity contribution in [2.75, 3.05) is 19.0 Å². The monoisotopic (exact) mass is 539 g/mol. The van der Waals surface area contributed by atoms with Crippen molar-refractivity contribution in [1.29, 1.82) is 0 Å². The van der Waals surface area contributed by atoms with Crippen LogP contribution in [0.2, 0.25) is 0 Å². The van der Waals surface area contributed by atoms with Gasteiger partial charge in [-0.05, 0) is 38.0 Å². The second-order valence-corrected chi connectivity index (χ2v) is 11.5. The summed E-state index contributed by atoms with van der Waals surface area (Å²) < 4.78 is 43.5. The van der Waals surface area contributed by atoms with Gasteiger partial charge in [-0.25, -0.2) is 22.8 Å². The normalized spacial score (nSPS) is 13.4. The lowest BCUT2D eigenvalue weighted by Gasteiger charge is -2.12. The lowest BCUT2D eigenvalue weighted by atomic mass is 10.1. The molecule has 2 unspecified atom stereocenters. The third kappa shape index (κ3) is 6.07. The van der Waals surface area contributed by atoms with Gasteiger partial charge in [0.25, 0.3) is 0 Å². The van der Waals surface area contributed by atoms with E-state index in [2.05, 4.69) is 20.4 Å². The molecule has 2 atom stereocenters. The number of rotatable bonds is 11. The average Bonchev–Trinajstić information content (AvgIpc) is 3.42. The molecule has 0 aliphatic carbocycles. The molecule has 0 spiro atoms. The molecular weight excluding hydrogens is 509 g/mol. The van der Waals surface area contributed by atoms with Gasteiger partial charge < -0.3 is 20.7 Å². The molecule has 0 aliphatic rings. The highest BCUT2D eigenvalue weighted by Gasteiger charge is 2.23. The lowest BCUT2D eigenvalue weighted by Crippen LogP contribution is -2.27. The summed E-state index contributed by atoms with van der Waals surface area (Å²) in [7, 11) is -3.55. The summed E-state index contributed by atoms with van der Waals surface area (Å²) in [5.41, 5.74) is 9.98. The van der Waals surface area contributed by atoms with Crippen LogP contribution in [0.25, 0.3) is 34.0 Å². The minimum atomic E-state index is -3.55. The van der Waals surface area contributed by atoms with E-state index in [1.807, 2.05) is 24.3 Å². The Morgan fingerprint density at radius 1 is 1.05 bits per heavy atom. The van der Waals surface area contributed by atoms with E-state index < -0.39 is 21.8 Å². The van der Waals surface area contributed by atoms with Gasteiger partial charge in [0.05, 0.1) is 22.0 Å². The second kappa shape index (κ2) is 11.8. The molecule has 0 fully saturated rings. The van der Waals surface area contributed by atoms with Gasteiger partial charge >= 0.3 is 0 Å². The van der Waals surface area contributed by atoms with Gasteiger partial charge in [0.1, 0.15) is 12.4 Å². The van der Waals surface area contributed by atoms with E-state index in [-0.39, 0.29) is 29.8 Å². The van der Waals surface area contributed by atoms with Gasteiger partial charge in [0.15, 0.2) is 27.1 Å². The quantitative estimate of drug-likeness (QED) is 0.257. The standard InChI is InChI=1S/C27H30FN5O4S/c1-17(14-28)30-15-19-3-5-20(6-4-19)23-13-25(37-33-23)26-27(29)31-16-24(32-26)21-7-9-22(10-8-21)38(35,36)18(2)11-12-34/h3-10,13,16-18,30,34H,11-12,14-15H2,1-2H3,(H2,29,31). The number of nitrogens with two attached hydrogens (primary N) is 1. The van der Waals surface area contributed by atoms with Crippen LogP contribution in [-0.2, 0) is 16.4 Å². The molecule has 2 aromatic heterocycles. The van der Waals surface area contributed by atoms with Crippen molar-refractivity contribution in [3.05, 3.63) is 66.4 Å². The van der Waals surface area contributed by atoms with E-state index in [0.717, 1.165) is 11.1 Å². The Balaban J connectivity index is 1.54. The fourth-order valence-electron chi connectivity index (χ4n) is 3.77. The molecule has 0 amide bonds. The predicted octanol–water partition coefficient (Wildman–Crippen LogP) is 4.04. The first-order valence-electron chi connectivity index (χ1n) is 12.2. The summed E-state index contributed by atoms with van der Waals surface area (Å²) in [6.45, 7) is 3.29. The van der Waals surface area contributed by atoms with Gasteiger partial charge in [0.2, 0.25) is 0 Å². The van der Waals surface area contributed by atoms with Crippen LogP contribution >= 0.6 is 0 Å². The number of anilines is 1. The van der Waals surface area contributed by atoms with Gasteiger partial charge in [-0.3, -0.25) is 0 Å². The van der Waals surface area contributed by atoms with Crippen molar-refractivity contribution in [1.82, 2.24) is 20.4 Å². The third-order valence-electron chi connectivity index (χ3n) is 6.22. The molecule has 200 valence electrons. The Bertz CT molecular complexity index is 1470. The molecule has 0 radical (unpaired) electrons. The van der Waals surface area contributed by atoms with Crippen LogP contribution in [0.3, 0.4) is 0 Å². The molecule has 9 nitrogen and oxygen atoms in total. The van der Waals surface area contributed by atoms with E-state index in [9.17, 15) is 12.8 Å². The maximum absolute atomic E-state index is 12.7. The van der Waals surface area contributed by atoms with Crippen LogP contribution in [-0.4, -0.2) is 53.2 Å². The molecule has 38 heavy (non-hydrogen) atoms. The minimum Gasteiger partial charge on any atom is -0.396 e. The summed E-state index contributed by atoms with van der Waals surface area (Å²) >= 11 is 0. The summed E-state index contributed by atoms with van der Waals surface area (Å²) in [5.74, 6) is 0.503. The Hall–Kier alpha value is -3.67. The summed E-state index contributed by atoms with van der Waals surface area (Å²) in [5, 5.41) is 15.6. The predicted molar refractivity (Wildman–Crippen MR) is 143 cm³/mol. The fourth-order valence-corrected chi connectivity index (χ4v) is 5.16. The number of aromatic nitrogens is 3. The number of benzene rings is 2. The van der Waals surface area contributed by atoms with Crippen LogP contribution in [0.5, 0.6) is 0 Å². The highest BCUT2D eigenvalue weighted by atomic mass is 32.2. The van der Waals surface area contributed by atoms with E-state index in [4.69, 9.17) is 15.4 Å².